The van der Waals surface area contributed by atoms with E-state index in [0.717, 1.165) is 11.1 Å². The molecule has 0 saturated carbocycles. The van der Waals surface area contributed by atoms with Crippen molar-refractivity contribution in [2.24, 2.45) is 0 Å². The third kappa shape index (κ3) is 5.95. The number of benzene rings is 2. The van der Waals surface area contributed by atoms with Gasteiger partial charge in [-0.3, -0.25) is 4.79 Å². The quantitative estimate of drug-likeness (QED) is 0.845. The third-order valence-electron chi connectivity index (χ3n) is 3.49. The molecule has 0 unspecified atom stereocenters. The minimum Gasteiger partial charge on any atom is -0.481 e. The summed E-state index contributed by atoms with van der Waals surface area (Å²) in [6.45, 7) is 5.27. The van der Waals surface area contributed by atoms with E-state index >= 15 is 0 Å². The molecule has 2 aromatic rings. The summed E-state index contributed by atoms with van der Waals surface area (Å²) in [5.74, 6) is -0.992. The highest BCUT2D eigenvalue weighted by atomic mass is 16.6. The SMILES string of the molecule is CC(C)(C)OC(=O)N[C@@H](CC(=O)O)c1ccc(-c2ccccc2)cc1. The zero-order valence-electron chi connectivity index (χ0n) is 14.7. The first-order valence-corrected chi connectivity index (χ1v) is 8.11. The van der Waals surface area contributed by atoms with Crippen LogP contribution in [0.4, 0.5) is 4.79 Å². The predicted molar refractivity (Wildman–Crippen MR) is 96.2 cm³/mol. The van der Waals surface area contributed by atoms with Crippen LogP contribution in [0.2, 0.25) is 0 Å². The van der Waals surface area contributed by atoms with Crippen molar-refractivity contribution in [1.29, 1.82) is 0 Å². The second kappa shape index (κ2) is 7.83. The molecule has 0 fully saturated rings. The molecule has 1 atom stereocenters. The number of rotatable bonds is 5. The summed E-state index contributed by atoms with van der Waals surface area (Å²) >= 11 is 0. The largest absolute Gasteiger partial charge is 0.481 e. The van der Waals surface area contributed by atoms with Crippen molar-refractivity contribution >= 4 is 12.1 Å². The number of carboxylic acids is 1. The standard InChI is InChI=1S/C20H23NO4/c1-20(2,3)25-19(24)21-17(13-18(22)23)16-11-9-15(10-12-16)14-7-5-4-6-8-14/h4-12,17H,13H2,1-3H3,(H,21,24)(H,22,23)/t17-/m0/s1. The second-order valence-electron chi connectivity index (χ2n) is 6.78. The van der Waals surface area contributed by atoms with E-state index in [0.29, 0.717) is 5.56 Å². The lowest BCUT2D eigenvalue weighted by atomic mass is 9.99. The summed E-state index contributed by atoms with van der Waals surface area (Å²) in [4.78, 5) is 23.1. The van der Waals surface area contributed by atoms with E-state index in [1.807, 2.05) is 54.6 Å². The highest BCUT2D eigenvalue weighted by Gasteiger charge is 2.22. The molecule has 5 heteroatoms. The maximum Gasteiger partial charge on any atom is 0.408 e. The van der Waals surface area contributed by atoms with Crippen LogP contribution in [0.15, 0.2) is 54.6 Å². The molecule has 0 heterocycles. The zero-order chi connectivity index (χ0) is 18.4. The number of alkyl carbamates (subject to hydrolysis) is 1. The second-order valence-corrected chi connectivity index (χ2v) is 6.78. The molecule has 2 aromatic carbocycles. The molecular formula is C20H23NO4. The molecule has 25 heavy (non-hydrogen) atoms. The fourth-order valence-corrected chi connectivity index (χ4v) is 2.42. The Kier molecular flexibility index (Phi) is 5.80. The average Bonchev–Trinajstić information content (AvgIpc) is 2.53. The van der Waals surface area contributed by atoms with E-state index in [2.05, 4.69) is 5.32 Å². The lowest BCUT2D eigenvalue weighted by Gasteiger charge is -2.23. The van der Waals surface area contributed by atoms with Crippen molar-refractivity contribution in [3.05, 3.63) is 60.2 Å². The first-order valence-electron chi connectivity index (χ1n) is 8.11. The van der Waals surface area contributed by atoms with Crippen LogP contribution in [0.3, 0.4) is 0 Å². The Morgan fingerprint density at radius 1 is 1.00 bits per heavy atom. The molecule has 0 aliphatic rings. The van der Waals surface area contributed by atoms with Gasteiger partial charge in [-0.15, -0.1) is 0 Å². The highest BCUT2D eigenvalue weighted by molar-refractivity contribution is 5.72. The van der Waals surface area contributed by atoms with E-state index in [4.69, 9.17) is 9.84 Å². The molecule has 1 amide bonds. The van der Waals surface area contributed by atoms with E-state index < -0.39 is 23.7 Å². The molecule has 2 rings (SSSR count). The lowest BCUT2D eigenvalue weighted by Crippen LogP contribution is -2.35. The van der Waals surface area contributed by atoms with Crippen LogP contribution < -0.4 is 5.32 Å². The minimum atomic E-state index is -0.992. The molecule has 132 valence electrons. The third-order valence-corrected chi connectivity index (χ3v) is 3.49. The number of hydrogen-bond donors (Lipinski definition) is 2. The Labute approximate surface area is 147 Å². The zero-order valence-corrected chi connectivity index (χ0v) is 14.7. The number of carboxylic acid groups (broad SMARTS) is 1. The lowest BCUT2D eigenvalue weighted by molar-refractivity contribution is -0.137. The van der Waals surface area contributed by atoms with Crippen molar-refractivity contribution in [2.45, 2.75) is 38.8 Å². The first-order chi connectivity index (χ1) is 11.7. The summed E-state index contributed by atoms with van der Waals surface area (Å²) in [7, 11) is 0. The smallest absolute Gasteiger partial charge is 0.408 e. The van der Waals surface area contributed by atoms with Gasteiger partial charge in [0.2, 0.25) is 0 Å². The van der Waals surface area contributed by atoms with Crippen LogP contribution in [-0.2, 0) is 9.53 Å². The monoisotopic (exact) mass is 341 g/mol. The van der Waals surface area contributed by atoms with Gasteiger partial charge >= 0.3 is 12.1 Å². The Hall–Kier alpha value is -2.82. The molecule has 0 aliphatic carbocycles. The maximum atomic E-state index is 12.0. The van der Waals surface area contributed by atoms with Crippen LogP contribution >= 0.6 is 0 Å². The minimum absolute atomic E-state index is 0.218. The molecular weight excluding hydrogens is 318 g/mol. The maximum absolute atomic E-state index is 12.0. The highest BCUT2D eigenvalue weighted by Crippen LogP contribution is 2.24. The fourth-order valence-electron chi connectivity index (χ4n) is 2.42. The van der Waals surface area contributed by atoms with Gasteiger partial charge in [0, 0.05) is 0 Å². The Morgan fingerprint density at radius 2 is 1.56 bits per heavy atom. The predicted octanol–water partition coefficient (Wildman–Crippen LogP) is 4.39. The molecule has 5 nitrogen and oxygen atoms in total. The summed E-state index contributed by atoms with van der Waals surface area (Å²) in [6.07, 6.45) is -0.852. The van der Waals surface area contributed by atoms with Crippen LogP contribution in [0, 0.1) is 0 Å². The number of carbonyl (C=O) groups excluding carboxylic acids is 1. The van der Waals surface area contributed by atoms with Crippen LogP contribution in [0.5, 0.6) is 0 Å². The van der Waals surface area contributed by atoms with Gasteiger partial charge in [0.05, 0.1) is 12.5 Å². The van der Waals surface area contributed by atoms with Gasteiger partial charge in [0.25, 0.3) is 0 Å². The first kappa shape index (κ1) is 18.5. The van der Waals surface area contributed by atoms with Gasteiger partial charge in [0.15, 0.2) is 0 Å². The van der Waals surface area contributed by atoms with Crippen LogP contribution in [-0.4, -0.2) is 22.8 Å². The van der Waals surface area contributed by atoms with Gasteiger partial charge < -0.3 is 15.2 Å². The number of ether oxygens (including phenoxy) is 1. The van der Waals surface area contributed by atoms with E-state index in [1.54, 1.807) is 20.8 Å². The van der Waals surface area contributed by atoms with Crippen molar-refractivity contribution in [3.63, 3.8) is 0 Å². The van der Waals surface area contributed by atoms with E-state index in [1.165, 1.54) is 0 Å². The van der Waals surface area contributed by atoms with Gasteiger partial charge in [-0.25, -0.2) is 4.79 Å². The fraction of sp³-hybridized carbons (Fsp3) is 0.300. The van der Waals surface area contributed by atoms with Crippen molar-refractivity contribution < 1.29 is 19.4 Å². The topological polar surface area (TPSA) is 75.6 Å². The summed E-state index contributed by atoms with van der Waals surface area (Å²) in [5.41, 5.74) is 2.17. The van der Waals surface area contributed by atoms with Crippen molar-refractivity contribution in [2.75, 3.05) is 0 Å². The molecule has 0 aromatic heterocycles. The average molecular weight is 341 g/mol. The summed E-state index contributed by atoms with van der Waals surface area (Å²) in [6, 6.07) is 16.7. The number of aliphatic carboxylic acids is 1. The van der Waals surface area contributed by atoms with Crippen molar-refractivity contribution in [1.82, 2.24) is 5.32 Å². The Balaban J connectivity index is 2.17. The van der Waals surface area contributed by atoms with Gasteiger partial charge in [-0.2, -0.15) is 0 Å². The summed E-state index contributed by atoms with van der Waals surface area (Å²) < 4.78 is 5.22. The number of carbonyl (C=O) groups is 2. The molecule has 0 aliphatic heterocycles. The normalized spacial score (nSPS) is 12.3. The van der Waals surface area contributed by atoms with Gasteiger partial charge in [0.1, 0.15) is 5.60 Å². The molecule has 2 N–H and O–H groups in total. The van der Waals surface area contributed by atoms with E-state index in [-0.39, 0.29) is 6.42 Å². The Bertz CT molecular complexity index is 718. The van der Waals surface area contributed by atoms with Crippen LogP contribution in [0.25, 0.3) is 11.1 Å². The number of amides is 1. The summed E-state index contributed by atoms with van der Waals surface area (Å²) in [5, 5.41) is 11.8. The van der Waals surface area contributed by atoms with Crippen molar-refractivity contribution in [3.8, 4) is 11.1 Å². The van der Waals surface area contributed by atoms with Gasteiger partial charge in [-0.1, -0.05) is 54.6 Å². The number of hydrogen-bond acceptors (Lipinski definition) is 3. The molecule has 0 spiro atoms. The van der Waals surface area contributed by atoms with E-state index in [9.17, 15) is 9.59 Å². The molecule has 0 saturated heterocycles. The number of nitrogens with one attached hydrogen (secondary N) is 1. The Morgan fingerprint density at radius 3 is 2.08 bits per heavy atom. The van der Waals surface area contributed by atoms with Crippen LogP contribution in [0.1, 0.15) is 38.8 Å². The molecule has 0 bridgehead atoms. The van der Waals surface area contributed by atoms with Gasteiger partial charge in [-0.05, 0) is 37.5 Å². The molecule has 0 radical (unpaired) electrons.